The average Bonchev–Trinajstić information content (AvgIpc) is 2.53. The van der Waals surface area contributed by atoms with Crippen LogP contribution in [0.2, 0.25) is 0 Å². The van der Waals surface area contributed by atoms with Crippen LogP contribution in [0, 0.1) is 0 Å². The second-order valence-electron chi connectivity index (χ2n) is 6.65. The summed E-state index contributed by atoms with van der Waals surface area (Å²) >= 11 is 0. The van der Waals surface area contributed by atoms with Gasteiger partial charge in [-0.1, -0.05) is 26.8 Å². The van der Waals surface area contributed by atoms with Crippen LogP contribution in [0.3, 0.4) is 0 Å². The number of aliphatic hydroxyl groups is 1. The average molecular weight is 246 g/mol. The highest BCUT2D eigenvalue weighted by molar-refractivity contribution is 5.76. The zero-order valence-corrected chi connectivity index (χ0v) is 11.8. The second-order valence-corrected chi connectivity index (χ2v) is 6.65. The van der Waals surface area contributed by atoms with Crippen molar-refractivity contribution < 1.29 is 5.11 Å². The summed E-state index contributed by atoms with van der Waals surface area (Å²) in [5.41, 5.74) is 2.69. The molecule has 0 spiro atoms. The molecule has 0 amide bonds. The lowest BCUT2D eigenvalue weighted by molar-refractivity contribution is 0.0791. The first kappa shape index (κ1) is 13.1. The van der Waals surface area contributed by atoms with Crippen molar-refractivity contribution in [1.29, 1.82) is 0 Å². The van der Waals surface area contributed by atoms with Gasteiger partial charge >= 0.3 is 0 Å². The Bertz CT molecular complexity index is 556. The van der Waals surface area contributed by atoms with Crippen LogP contribution < -0.4 is 0 Å². The highest BCUT2D eigenvalue weighted by Crippen LogP contribution is 2.25. The summed E-state index contributed by atoms with van der Waals surface area (Å²) < 4.78 is 0. The number of aromatic amines is 1. The van der Waals surface area contributed by atoms with Crippen LogP contribution in [-0.4, -0.2) is 20.7 Å². The van der Waals surface area contributed by atoms with E-state index in [0.29, 0.717) is 6.42 Å². The summed E-state index contributed by atoms with van der Waals surface area (Å²) in [5.74, 6) is 0.837. The van der Waals surface area contributed by atoms with Gasteiger partial charge in [-0.15, -0.1) is 0 Å². The van der Waals surface area contributed by atoms with E-state index >= 15 is 0 Å². The van der Waals surface area contributed by atoms with Crippen molar-refractivity contribution >= 4 is 11.0 Å². The Balaban J connectivity index is 2.40. The van der Waals surface area contributed by atoms with E-state index in [0.717, 1.165) is 16.9 Å². The van der Waals surface area contributed by atoms with Crippen molar-refractivity contribution in [2.75, 3.05) is 0 Å². The van der Waals surface area contributed by atoms with E-state index in [9.17, 15) is 5.11 Å². The molecule has 2 rings (SSSR count). The molecule has 0 aliphatic rings. The third kappa shape index (κ3) is 2.91. The summed E-state index contributed by atoms with van der Waals surface area (Å²) in [5, 5.41) is 9.82. The highest BCUT2D eigenvalue weighted by Gasteiger charge is 2.18. The summed E-state index contributed by atoms with van der Waals surface area (Å²) in [4.78, 5) is 7.80. The van der Waals surface area contributed by atoms with E-state index in [1.165, 1.54) is 5.56 Å². The van der Waals surface area contributed by atoms with Crippen molar-refractivity contribution in [2.45, 2.75) is 52.1 Å². The van der Waals surface area contributed by atoms with Gasteiger partial charge in [-0.05, 0) is 37.0 Å². The molecule has 18 heavy (non-hydrogen) atoms. The summed E-state index contributed by atoms with van der Waals surface area (Å²) in [6, 6.07) is 6.31. The number of hydrogen-bond acceptors (Lipinski definition) is 2. The lowest BCUT2D eigenvalue weighted by atomic mass is 9.87. The Kier molecular flexibility index (Phi) is 2.98. The molecule has 2 N–H and O–H groups in total. The number of H-pyrrole nitrogens is 1. The predicted molar refractivity (Wildman–Crippen MR) is 74.8 cm³/mol. The van der Waals surface area contributed by atoms with Gasteiger partial charge in [0, 0.05) is 6.42 Å². The molecule has 1 aromatic carbocycles. The minimum Gasteiger partial charge on any atom is -0.390 e. The monoisotopic (exact) mass is 246 g/mol. The van der Waals surface area contributed by atoms with Crippen LogP contribution in [0.15, 0.2) is 18.2 Å². The molecule has 0 fully saturated rings. The topological polar surface area (TPSA) is 48.9 Å². The molecule has 0 saturated heterocycles. The number of benzene rings is 1. The van der Waals surface area contributed by atoms with E-state index in [-0.39, 0.29) is 5.41 Å². The molecule has 0 atom stereocenters. The summed E-state index contributed by atoms with van der Waals surface area (Å²) in [6.07, 6.45) is 0.534. The van der Waals surface area contributed by atoms with Crippen LogP contribution in [0.1, 0.15) is 46.0 Å². The SMILES string of the molecule is CC(C)(O)Cc1nc2ccc(C(C)(C)C)cc2[nH]1. The lowest BCUT2D eigenvalue weighted by Gasteiger charge is -2.18. The first-order valence-corrected chi connectivity index (χ1v) is 6.37. The van der Waals surface area contributed by atoms with E-state index in [1.807, 2.05) is 6.07 Å². The fraction of sp³-hybridized carbons (Fsp3) is 0.533. The molecule has 0 aliphatic heterocycles. The van der Waals surface area contributed by atoms with E-state index < -0.39 is 5.60 Å². The molecule has 2 aromatic rings. The van der Waals surface area contributed by atoms with Gasteiger partial charge in [0.15, 0.2) is 0 Å². The van der Waals surface area contributed by atoms with E-state index in [4.69, 9.17) is 0 Å². The largest absolute Gasteiger partial charge is 0.390 e. The Labute approximate surface area is 108 Å². The fourth-order valence-electron chi connectivity index (χ4n) is 2.02. The highest BCUT2D eigenvalue weighted by atomic mass is 16.3. The van der Waals surface area contributed by atoms with Gasteiger partial charge in [-0.3, -0.25) is 0 Å². The maximum absolute atomic E-state index is 9.82. The smallest absolute Gasteiger partial charge is 0.110 e. The minimum absolute atomic E-state index is 0.135. The zero-order chi connectivity index (χ0) is 13.6. The van der Waals surface area contributed by atoms with E-state index in [2.05, 4.69) is 42.9 Å². The maximum Gasteiger partial charge on any atom is 0.110 e. The van der Waals surface area contributed by atoms with Crippen molar-refractivity contribution in [3.63, 3.8) is 0 Å². The van der Waals surface area contributed by atoms with Crippen molar-refractivity contribution in [2.24, 2.45) is 0 Å². The fourth-order valence-corrected chi connectivity index (χ4v) is 2.02. The van der Waals surface area contributed by atoms with Crippen LogP contribution in [0.4, 0.5) is 0 Å². The lowest BCUT2D eigenvalue weighted by Crippen LogP contribution is -2.22. The molecule has 98 valence electrons. The molecule has 0 aliphatic carbocycles. The van der Waals surface area contributed by atoms with Crippen LogP contribution in [-0.2, 0) is 11.8 Å². The third-order valence-corrected chi connectivity index (χ3v) is 3.00. The van der Waals surface area contributed by atoms with Crippen molar-refractivity contribution in [3.05, 3.63) is 29.6 Å². The molecular formula is C15H22N2O. The van der Waals surface area contributed by atoms with Crippen molar-refractivity contribution in [1.82, 2.24) is 9.97 Å². The molecule has 0 radical (unpaired) electrons. The number of fused-ring (bicyclic) bond motifs is 1. The number of aromatic nitrogens is 2. The molecule has 3 nitrogen and oxygen atoms in total. The van der Waals surface area contributed by atoms with Gasteiger partial charge in [0.05, 0.1) is 16.6 Å². The molecule has 1 aromatic heterocycles. The predicted octanol–water partition coefficient (Wildman–Crippen LogP) is 3.17. The minimum atomic E-state index is -0.735. The third-order valence-electron chi connectivity index (χ3n) is 3.00. The molecule has 0 bridgehead atoms. The number of rotatable bonds is 2. The Morgan fingerprint density at radius 3 is 2.39 bits per heavy atom. The van der Waals surface area contributed by atoms with Gasteiger partial charge in [-0.2, -0.15) is 0 Å². The van der Waals surface area contributed by atoms with Crippen LogP contribution in [0.5, 0.6) is 0 Å². The Hall–Kier alpha value is -1.35. The standard InChI is InChI=1S/C15H22N2O/c1-14(2,3)10-6-7-11-12(8-10)17-13(16-11)9-15(4,5)18/h6-8,18H,9H2,1-5H3,(H,16,17). The molecule has 1 heterocycles. The normalized spacial score (nSPS) is 13.2. The number of hydrogen-bond donors (Lipinski definition) is 2. The van der Waals surface area contributed by atoms with Crippen molar-refractivity contribution in [3.8, 4) is 0 Å². The first-order chi connectivity index (χ1) is 8.15. The van der Waals surface area contributed by atoms with Gasteiger partial charge in [0.1, 0.15) is 5.82 Å². The van der Waals surface area contributed by atoms with E-state index in [1.54, 1.807) is 13.8 Å². The Morgan fingerprint density at radius 1 is 1.17 bits per heavy atom. The number of imidazole rings is 1. The zero-order valence-electron chi connectivity index (χ0n) is 11.8. The first-order valence-electron chi connectivity index (χ1n) is 6.37. The summed E-state index contributed by atoms with van der Waals surface area (Å²) in [7, 11) is 0. The van der Waals surface area contributed by atoms with Crippen LogP contribution in [0.25, 0.3) is 11.0 Å². The van der Waals surface area contributed by atoms with Gasteiger partial charge < -0.3 is 10.1 Å². The molecule has 0 saturated carbocycles. The summed E-state index contributed by atoms with van der Waals surface area (Å²) in [6.45, 7) is 10.2. The quantitative estimate of drug-likeness (QED) is 0.855. The maximum atomic E-state index is 9.82. The van der Waals surface area contributed by atoms with Gasteiger partial charge in [-0.25, -0.2) is 4.98 Å². The van der Waals surface area contributed by atoms with Gasteiger partial charge in [0.2, 0.25) is 0 Å². The Morgan fingerprint density at radius 2 is 1.83 bits per heavy atom. The number of nitrogens with one attached hydrogen (secondary N) is 1. The van der Waals surface area contributed by atoms with Crippen LogP contribution >= 0.6 is 0 Å². The molecule has 0 unspecified atom stereocenters. The molecular weight excluding hydrogens is 224 g/mol. The van der Waals surface area contributed by atoms with Gasteiger partial charge in [0.25, 0.3) is 0 Å². The number of nitrogens with zero attached hydrogens (tertiary/aromatic N) is 1. The second kappa shape index (κ2) is 4.09. The molecule has 3 heteroatoms.